The van der Waals surface area contributed by atoms with Crippen LogP contribution in [0.1, 0.15) is 37.8 Å². The van der Waals surface area contributed by atoms with Gasteiger partial charge in [0, 0.05) is 50.7 Å². The van der Waals surface area contributed by atoms with E-state index in [4.69, 9.17) is 4.98 Å². The molecule has 0 atom stereocenters. The zero-order valence-corrected chi connectivity index (χ0v) is 19.4. The van der Waals surface area contributed by atoms with Gasteiger partial charge in [-0.3, -0.25) is 4.99 Å². The summed E-state index contributed by atoms with van der Waals surface area (Å²) in [5.74, 6) is 1.71. The topological polar surface area (TPSA) is 40.5 Å². The Morgan fingerprint density at radius 2 is 1.97 bits per heavy atom. The van der Waals surface area contributed by atoms with Crippen molar-refractivity contribution in [2.45, 2.75) is 32.7 Å². The molecule has 1 saturated carbocycles. The number of hydrogen-bond donors (Lipinski definition) is 1. The molecular formula is C27H34N4. The van der Waals surface area contributed by atoms with Crippen LogP contribution in [0.5, 0.6) is 0 Å². The first kappa shape index (κ1) is 22.5. The van der Waals surface area contributed by atoms with Gasteiger partial charge in [-0.1, -0.05) is 43.9 Å². The summed E-state index contributed by atoms with van der Waals surface area (Å²) in [7, 11) is 5.84. The fourth-order valence-electron chi connectivity index (χ4n) is 4.00. The van der Waals surface area contributed by atoms with Crippen LogP contribution in [0.25, 0.3) is 22.4 Å². The van der Waals surface area contributed by atoms with E-state index < -0.39 is 0 Å². The first-order valence-corrected chi connectivity index (χ1v) is 10.9. The fraction of sp³-hybridized carbons (Fsp3) is 0.333. The molecule has 1 aromatic carbocycles. The number of allylic oxidation sites excluding steroid dienone is 4. The number of nitrogens with one attached hydrogen (secondary N) is 1. The molecule has 1 aliphatic rings. The lowest BCUT2D eigenvalue weighted by atomic mass is 9.82. The Morgan fingerprint density at radius 1 is 1.19 bits per heavy atom. The molecule has 1 fully saturated rings. The van der Waals surface area contributed by atoms with Crippen LogP contribution in [-0.2, 0) is 0 Å². The standard InChI is InChI=1S/C27H34N4/c1-7-20(17-28-4)25-12-13-26(30-27(25)29-24-14-19(3)15-24)23-11-9-10-22(16-23)21(8-2)18-31(5)6/h7-13,16-19,24H,2,14-15H2,1,3-6H3,(H,29,30)/b20-7+,21-18+,28-17?. The zero-order chi connectivity index (χ0) is 22.4. The van der Waals surface area contributed by atoms with E-state index in [-0.39, 0.29) is 0 Å². The van der Waals surface area contributed by atoms with Crippen LogP contribution in [0.4, 0.5) is 5.82 Å². The average molecular weight is 415 g/mol. The van der Waals surface area contributed by atoms with Gasteiger partial charge in [0.25, 0.3) is 0 Å². The second-order valence-corrected chi connectivity index (χ2v) is 8.47. The molecule has 1 aromatic heterocycles. The van der Waals surface area contributed by atoms with Crippen molar-refractivity contribution < 1.29 is 0 Å². The third-order valence-electron chi connectivity index (χ3n) is 5.61. The molecule has 0 amide bonds. The summed E-state index contributed by atoms with van der Waals surface area (Å²) in [4.78, 5) is 11.3. The van der Waals surface area contributed by atoms with Crippen molar-refractivity contribution >= 4 is 23.2 Å². The predicted molar refractivity (Wildman–Crippen MR) is 135 cm³/mol. The summed E-state index contributed by atoms with van der Waals surface area (Å²) in [6.07, 6.45) is 10.3. The molecule has 1 N–H and O–H groups in total. The molecule has 4 nitrogen and oxygen atoms in total. The molecule has 0 saturated heterocycles. The highest BCUT2D eigenvalue weighted by Crippen LogP contribution is 2.33. The van der Waals surface area contributed by atoms with E-state index in [1.807, 2.05) is 38.2 Å². The molecule has 0 radical (unpaired) electrons. The number of aliphatic imine (C=N–C) groups is 1. The smallest absolute Gasteiger partial charge is 0.134 e. The van der Waals surface area contributed by atoms with Gasteiger partial charge in [0.2, 0.25) is 0 Å². The van der Waals surface area contributed by atoms with Gasteiger partial charge in [-0.15, -0.1) is 0 Å². The molecule has 0 aliphatic heterocycles. The Hall–Kier alpha value is -3.14. The summed E-state index contributed by atoms with van der Waals surface area (Å²) < 4.78 is 0. The number of nitrogens with zero attached hydrogens (tertiary/aromatic N) is 3. The van der Waals surface area contributed by atoms with Crippen molar-refractivity contribution in [3.63, 3.8) is 0 Å². The summed E-state index contributed by atoms with van der Waals surface area (Å²) in [5.41, 5.74) is 6.42. The largest absolute Gasteiger partial charge is 0.383 e. The maximum absolute atomic E-state index is 5.06. The van der Waals surface area contributed by atoms with Crippen LogP contribution in [0.2, 0.25) is 0 Å². The van der Waals surface area contributed by atoms with E-state index in [1.54, 1.807) is 7.05 Å². The molecule has 0 spiro atoms. The number of anilines is 1. The maximum atomic E-state index is 5.06. The van der Waals surface area contributed by atoms with E-state index in [1.165, 1.54) is 12.8 Å². The van der Waals surface area contributed by atoms with Crippen molar-refractivity contribution in [3.05, 3.63) is 72.5 Å². The quantitative estimate of drug-likeness (QED) is 0.416. The van der Waals surface area contributed by atoms with Crippen molar-refractivity contribution in [3.8, 4) is 11.3 Å². The summed E-state index contributed by atoms with van der Waals surface area (Å²) in [6, 6.07) is 13.2. The van der Waals surface area contributed by atoms with Crippen LogP contribution in [-0.4, -0.2) is 43.3 Å². The summed E-state index contributed by atoms with van der Waals surface area (Å²) in [6.45, 7) is 8.32. The number of aromatic nitrogens is 1. The van der Waals surface area contributed by atoms with E-state index in [0.29, 0.717) is 6.04 Å². The molecule has 162 valence electrons. The van der Waals surface area contributed by atoms with Crippen LogP contribution in [0, 0.1) is 5.92 Å². The highest BCUT2D eigenvalue weighted by molar-refractivity contribution is 6.11. The van der Waals surface area contributed by atoms with Gasteiger partial charge in [0.1, 0.15) is 5.82 Å². The van der Waals surface area contributed by atoms with E-state index in [2.05, 4.69) is 72.5 Å². The first-order valence-electron chi connectivity index (χ1n) is 10.9. The lowest BCUT2D eigenvalue weighted by molar-refractivity contribution is 0.308. The van der Waals surface area contributed by atoms with Gasteiger partial charge in [-0.05, 0) is 60.6 Å². The van der Waals surface area contributed by atoms with E-state index >= 15 is 0 Å². The van der Waals surface area contributed by atoms with Gasteiger partial charge < -0.3 is 10.2 Å². The molecule has 1 heterocycles. The molecule has 2 aromatic rings. The fourth-order valence-corrected chi connectivity index (χ4v) is 4.00. The van der Waals surface area contributed by atoms with Crippen molar-refractivity contribution in [2.24, 2.45) is 10.9 Å². The third-order valence-corrected chi connectivity index (χ3v) is 5.61. The Morgan fingerprint density at radius 3 is 2.58 bits per heavy atom. The van der Waals surface area contributed by atoms with Gasteiger partial charge >= 0.3 is 0 Å². The highest BCUT2D eigenvalue weighted by Gasteiger charge is 2.26. The SMILES string of the molecule is C=C/C(=C\N(C)C)c1cccc(-c2ccc(/C(C=NC)=C/C)c(NC3CC(C)C3)n2)c1. The number of hydrogen-bond acceptors (Lipinski definition) is 4. The van der Waals surface area contributed by atoms with Crippen molar-refractivity contribution in [1.29, 1.82) is 0 Å². The average Bonchev–Trinajstić information content (AvgIpc) is 2.75. The number of rotatable bonds is 8. The highest BCUT2D eigenvalue weighted by atomic mass is 15.0. The van der Waals surface area contributed by atoms with Crippen molar-refractivity contribution in [2.75, 3.05) is 26.5 Å². The number of pyridine rings is 1. The Balaban J connectivity index is 2.02. The van der Waals surface area contributed by atoms with Gasteiger partial charge in [-0.2, -0.15) is 0 Å². The van der Waals surface area contributed by atoms with Crippen LogP contribution >= 0.6 is 0 Å². The second-order valence-electron chi connectivity index (χ2n) is 8.47. The summed E-state index contributed by atoms with van der Waals surface area (Å²) in [5, 5.41) is 3.69. The molecule has 0 unspecified atom stereocenters. The minimum absolute atomic E-state index is 0.481. The monoisotopic (exact) mass is 414 g/mol. The van der Waals surface area contributed by atoms with Gasteiger partial charge in [-0.25, -0.2) is 4.98 Å². The second kappa shape index (κ2) is 10.3. The predicted octanol–water partition coefficient (Wildman–Crippen LogP) is 6.15. The summed E-state index contributed by atoms with van der Waals surface area (Å²) >= 11 is 0. The third kappa shape index (κ3) is 5.52. The van der Waals surface area contributed by atoms with Crippen LogP contribution in [0.3, 0.4) is 0 Å². The molecule has 3 rings (SSSR count). The first-order chi connectivity index (χ1) is 14.9. The maximum Gasteiger partial charge on any atom is 0.134 e. The van der Waals surface area contributed by atoms with E-state index in [9.17, 15) is 0 Å². The lowest BCUT2D eigenvalue weighted by Crippen LogP contribution is -2.34. The zero-order valence-electron chi connectivity index (χ0n) is 19.4. The molecule has 1 aliphatic carbocycles. The molecular weight excluding hydrogens is 380 g/mol. The van der Waals surface area contributed by atoms with Gasteiger partial charge in [0.15, 0.2) is 0 Å². The van der Waals surface area contributed by atoms with Gasteiger partial charge in [0.05, 0.1) is 5.69 Å². The Kier molecular flexibility index (Phi) is 7.45. The minimum atomic E-state index is 0.481. The molecule has 4 heteroatoms. The Labute approximate surface area is 187 Å². The lowest BCUT2D eigenvalue weighted by Gasteiger charge is -2.34. The molecule has 0 bridgehead atoms. The van der Waals surface area contributed by atoms with Crippen LogP contribution in [0.15, 0.2) is 66.3 Å². The number of benzene rings is 1. The molecule has 31 heavy (non-hydrogen) atoms. The van der Waals surface area contributed by atoms with E-state index in [0.717, 1.165) is 45.3 Å². The minimum Gasteiger partial charge on any atom is -0.383 e. The Bertz CT molecular complexity index is 1010. The van der Waals surface area contributed by atoms with Crippen LogP contribution < -0.4 is 5.32 Å². The normalized spacial score (nSPS) is 19.3. The van der Waals surface area contributed by atoms with Crippen molar-refractivity contribution in [1.82, 2.24) is 9.88 Å².